The number of aromatic amines is 1. The average Bonchev–Trinajstić information content (AvgIpc) is 2.87. The maximum absolute atomic E-state index is 11.7. The van der Waals surface area contributed by atoms with Crippen LogP contribution in [0.15, 0.2) is 30.5 Å². The smallest absolute Gasteiger partial charge is 0.306 e. The molecule has 5 heteroatoms. The highest BCUT2D eigenvalue weighted by Gasteiger charge is 2.16. The number of carbonyl (C=O) groups excluding carboxylic acids is 2. The molecule has 0 aliphatic heterocycles. The molecule has 1 atom stereocenters. The van der Waals surface area contributed by atoms with Crippen LogP contribution in [0.2, 0.25) is 0 Å². The normalized spacial score (nSPS) is 12.1. The predicted octanol–water partition coefficient (Wildman–Crippen LogP) is 1.78. The van der Waals surface area contributed by atoms with E-state index in [-0.39, 0.29) is 18.3 Å². The van der Waals surface area contributed by atoms with E-state index in [0.717, 1.165) is 16.5 Å². The molecule has 1 aromatic carbocycles. The second kappa shape index (κ2) is 6.23. The van der Waals surface area contributed by atoms with Crippen LogP contribution in [0.4, 0.5) is 0 Å². The van der Waals surface area contributed by atoms with Gasteiger partial charge in [-0.2, -0.15) is 0 Å². The summed E-state index contributed by atoms with van der Waals surface area (Å²) in [4.78, 5) is 26.1. The molecule has 0 aliphatic rings. The van der Waals surface area contributed by atoms with Gasteiger partial charge in [-0.05, 0) is 25.0 Å². The number of aryl methyl sites for hydroxylation is 1. The van der Waals surface area contributed by atoms with E-state index in [1.807, 2.05) is 30.5 Å². The zero-order valence-electron chi connectivity index (χ0n) is 11.6. The molecule has 2 N–H and O–H groups in total. The number of H-pyrrole nitrogens is 1. The van der Waals surface area contributed by atoms with Crippen LogP contribution in [0.25, 0.3) is 10.9 Å². The van der Waals surface area contributed by atoms with Gasteiger partial charge in [0.25, 0.3) is 5.91 Å². The second-order valence-corrected chi connectivity index (χ2v) is 4.61. The van der Waals surface area contributed by atoms with E-state index in [4.69, 9.17) is 4.74 Å². The van der Waals surface area contributed by atoms with Crippen LogP contribution in [0, 0.1) is 0 Å². The van der Waals surface area contributed by atoms with Gasteiger partial charge in [-0.15, -0.1) is 0 Å². The molecule has 0 saturated heterocycles. The van der Waals surface area contributed by atoms with Gasteiger partial charge >= 0.3 is 5.97 Å². The first-order valence-corrected chi connectivity index (χ1v) is 6.58. The van der Waals surface area contributed by atoms with Crippen molar-refractivity contribution in [1.29, 1.82) is 0 Å². The summed E-state index contributed by atoms with van der Waals surface area (Å²) in [5.74, 6) is -0.670. The molecule has 1 amide bonds. The molecule has 5 nitrogen and oxygen atoms in total. The summed E-state index contributed by atoms with van der Waals surface area (Å²) >= 11 is 0. The number of esters is 1. The number of likely N-dealkylation sites (N-methyl/N-ethyl adjacent to an activating group) is 1. The average molecular weight is 274 g/mol. The van der Waals surface area contributed by atoms with Gasteiger partial charge in [-0.3, -0.25) is 9.59 Å². The second-order valence-electron chi connectivity index (χ2n) is 4.61. The number of hydrogen-bond acceptors (Lipinski definition) is 3. The Morgan fingerprint density at radius 3 is 2.85 bits per heavy atom. The Bertz CT molecular complexity index is 618. The van der Waals surface area contributed by atoms with Crippen LogP contribution >= 0.6 is 0 Å². The fourth-order valence-corrected chi connectivity index (χ4v) is 2.09. The summed E-state index contributed by atoms with van der Waals surface area (Å²) < 4.78 is 5.05. The third-order valence-corrected chi connectivity index (χ3v) is 3.20. The van der Waals surface area contributed by atoms with Crippen LogP contribution < -0.4 is 5.32 Å². The Morgan fingerprint density at radius 2 is 2.10 bits per heavy atom. The van der Waals surface area contributed by atoms with Gasteiger partial charge in [0.05, 0.1) is 0 Å². The Balaban J connectivity index is 1.92. The predicted molar refractivity (Wildman–Crippen MR) is 76.2 cm³/mol. The Hall–Kier alpha value is -2.30. The number of benzene rings is 1. The molecular formula is C15H18N2O3. The molecule has 1 heterocycles. The lowest BCUT2D eigenvalue weighted by molar-refractivity contribution is -0.154. The lowest BCUT2D eigenvalue weighted by Gasteiger charge is -2.11. The van der Waals surface area contributed by atoms with E-state index < -0.39 is 6.10 Å². The number of carbonyl (C=O) groups is 2. The SMILES string of the molecule is CNC(=O)[C@H](C)OC(=O)CCc1c[nH]c2ccccc12. The van der Waals surface area contributed by atoms with Gasteiger partial charge < -0.3 is 15.0 Å². The van der Waals surface area contributed by atoms with Crippen LogP contribution in [0.5, 0.6) is 0 Å². The summed E-state index contributed by atoms with van der Waals surface area (Å²) in [5.41, 5.74) is 2.12. The fourth-order valence-electron chi connectivity index (χ4n) is 2.09. The molecule has 1 aromatic heterocycles. The summed E-state index contributed by atoms with van der Waals surface area (Å²) in [6.45, 7) is 1.56. The first-order valence-electron chi connectivity index (χ1n) is 6.58. The molecule has 20 heavy (non-hydrogen) atoms. The first kappa shape index (κ1) is 14.1. The maximum Gasteiger partial charge on any atom is 0.306 e. The summed E-state index contributed by atoms with van der Waals surface area (Å²) in [5, 5.41) is 3.55. The Morgan fingerprint density at radius 1 is 1.35 bits per heavy atom. The first-order chi connectivity index (χ1) is 9.61. The van der Waals surface area contributed by atoms with Crippen molar-refractivity contribution in [2.24, 2.45) is 0 Å². The molecule has 0 radical (unpaired) electrons. The van der Waals surface area contributed by atoms with Crippen LogP contribution in [-0.4, -0.2) is 30.0 Å². The number of para-hydroxylation sites is 1. The van der Waals surface area contributed by atoms with Crippen molar-refractivity contribution in [3.05, 3.63) is 36.0 Å². The van der Waals surface area contributed by atoms with Gasteiger partial charge in [0, 0.05) is 30.6 Å². The Labute approximate surface area is 117 Å². The van der Waals surface area contributed by atoms with Crippen molar-refractivity contribution in [1.82, 2.24) is 10.3 Å². The molecule has 0 fully saturated rings. The van der Waals surface area contributed by atoms with Crippen molar-refractivity contribution in [2.75, 3.05) is 7.05 Å². The molecule has 0 spiro atoms. The zero-order valence-corrected chi connectivity index (χ0v) is 11.6. The van der Waals surface area contributed by atoms with Crippen LogP contribution in [0.3, 0.4) is 0 Å². The van der Waals surface area contributed by atoms with Gasteiger partial charge in [0.1, 0.15) is 0 Å². The van der Waals surface area contributed by atoms with E-state index in [1.165, 1.54) is 7.05 Å². The number of amides is 1. The number of rotatable bonds is 5. The van der Waals surface area contributed by atoms with Crippen molar-refractivity contribution in [3.8, 4) is 0 Å². The standard InChI is InChI=1S/C15H18N2O3/c1-10(15(19)16-2)20-14(18)8-7-11-9-17-13-6-4-3-5-12(11)13/h3-6,9-10,17H,7-8H2,1-2H3,(H,16,19)/t10-/m0/s1. The maximum atomic E-state index is 11.7. The van der Waals surface area contributed by atoms with E-state index in [9.17, 15) is 9.59 Å². The largest absolute Gasteiger partial charge is 0.453 e. The van der Waals surface area contributed by atoms with Gasteiger partial charge in [0.2, 0.25) is 0 Å². The number of fused-ring (bicyclic) bond motifs is 1. The molecular weight excluding hydrogens is 256 g/mol. The topological polar surface area (TPSA) is 71.2 Å². The quantitative estimate of drug-likeness (QED) is 0.816. The van der Waals surface area contributed by atoms with Crippen LogP contribution in [0.1, 0.15) is 18.9 Å². The van der Waals surface area contributed by atoms with E-state index >= 15 is 0 Å². The minimum absolute atomic E-state index is 0.253. The highest BCUT2D eigenvalue weighted by molar-refractivity contribution is 5.85. The lowest BCUT2D eigenvalue weighted by atomic mass is 10.1. The monoisotopic (exact) mass is 274 g/mol. The van der Waals surface area contributed by atoms with Crippen molar-refractivity contribution < 1.29 is 14.3 Å². The molecule has 106 valence electrons. The Kier molecular flexibility index (Phi) is 4.40. The van der Waals surface area contributed by atoms with E-state index in [1.54, 1.807) is 6.92 Å². The highest BCUT2D eigenvalue weighted by Crippen LogP contribution is 2.19. The highest BCUT2D eigenvalue weighted by atomic mass is 16.5. The third kappa shape index (κ3) is 3.17. The lowest BCUT2D eigenvalue weighted by Crippen LogP contribution is -2.33. The van der Waals surface area contributed by atoms with Crippen LogP contribution in [-0.2, 0) is 20.7 Å². The van der Waals surface area contributed by atoms with Gasteiger partial charge in [-0.1, -0.05) is 18.2 Å². The molecule has 0 bridgehead atoms. The van der Waals surface area contributed by atoms with Gasteiger partial charge in [-0.25, -0.2) is 0 Å². The van der Waals surface area contributed by atoms with Crippen molar-refractivity contribution >= 4 is 22.8 Å². The van der Waals surface area contributed by atoms with E-state index in [0.29, 0.717) is 6.42 Å². The summed E-state index contributed by atoms with van der Waals surface area (Å²) in [6.07, 6.45) is 1.99. The molecule has 2 rings (SSSR count). The number of hydrogen-bond donors (Lipinski definition) is 2. The number of nitrogens with one attached hydrogen (secondary N) is 2. The molecule has 2 aromatic rings. The summed E-state index contributed by atoms with van der Waals surface area (Å²) in [7, 11) is 1.51. The minimum atomic E-state index is -0.754. The third-order valence-electron chi connectivity index (χ3n) is 3.20. The summed E-state index contributed by atoms with van der Waals surface area (Å²) in [6, 6.07) is 7.93. The van der Waals surface area contributed by atoms with Gasteiger partial charge in [0.15, 0.2) is 6.10 Å². The minimum Gasteiger partial charge on any atom is -0.453 e. The van der Waals surface area contributed by atoms with Crippen molar-refractivity contribution in [2.45, 2.75) is 25.9 Å². The number of ether oxygens (including phenoxy) is 1. The molecule has 0 saturated carbocycles. The van der Waals surface area contributed by atoms with Crippen molar-refractivity contribution in [3.63, 3.8) is 0 Å². The zero-order chi connectivity index (χ0) is 14.5. The van der Waals surface area contributed by atoms with E-state index in [2.05, 4.69) is 10.3 Å². The fraction of sp³-hybridized carbons (Fsp3) is 0.333. The molecule has 0 aliphatic carbocycles. The number of aromatic nitrogens is 1. The molecule has 0 unspecified atom stereocenters.